The standard InChI is InChI=1S/C13H23N3O3/c1-16(10-4-2-3-5-10)12(17)13(11(14)15-18)6-8-19-9-7-13/h10,18H,2-9H2,1H3,(H2,14,15). The van der Waals surface area contributed by atoms with Gasteiger partial charge in [0.1, 0.15) is 5.41 Å². The summed E-state index contributed by atoms with van der Waals surface area (Å²) in [6.07, 6.45) is 5.40. The molecule has 1 aliphatic heterocycles. The van der Waals surface area contributed by atoms with Gasteiger partial charge in [0.2, 0.25) is 5.91 Å². The molecule has 0 aromatic carbocycles. The Hall–Kier alpha value is -1.30. The number of rotatable bonds is 3. The van der Waals surface area contributed by atoms with Gasteiger partial charge < -0.3 is 20.6 Å². The number of ether oxygens (including phenoxy) is 1. The van der Waals surface area contributed by atoms with Gasteiger partial charge in [0.05, 0.1) is 0 Å². The first-order valence-corrected chi connectivity index (χ1v) is 6.95. The number of amidine groups is 1. The first-order chi connectivity index (χ1) is 9.12. The Labute approximate surface area is 113 Å². The number of nitrogens with two attached hydrogens (primary N) is 1. The van der Waals surface area contributed by atoms with Crippen molar-refractivity contribution in [3.8, 4) is 0 Å². The zero-order valence-electron chi connectivity index (χ0n) is 11.5. The lowest BCUT2D eigenvalue weighted by Gasteiger charge is -2.39. The quantitative estimate of drug-likeness (QED) is 0.345. The third-order valence-electron chi connectivity index (χ3n) is 4.55. The van der Waals surface area contributed by atoms with Crippen molar-refractivity contribution in [2.24, 2.45) is 16.3 Å². The molecule has 6 nitrogen and oxygen atoms in total. The highest BCUT2D eigenvalue weighted by molar-refractivity contribution is 6.06. The largest absolute Gasteiger partial charge is 0.409 e. The number of carbonyl (C=O) groups is 1. The highest BCUT2D eigenvalue weighted by Gasteiger charge is 2.47. The van der Waals surface area contributed by atoms with Crippen LogP contribution in [0.4, 0.5) is 0 Å². The third kappa shape index (κ3) is 2.54. The van der Waals surface area contributed by atoms with Crippen LogP contribution in [0.3, 0.4) is 0 Å². The topological polar surface area (TPSA) is 88.2 Å². The number of amides is 1. The molecule has 0 unspecified atom stereocenters. The van der Waals surface area contributed by atoms with E-state index >= 15 is 0 Å². The predicted octanol–water partition coefficient (Wildman–Crippen LogP) is 0.931. The minimum atomic E-state index is -0.885. The molecular formula is C13H23N3O3. The summed E-state index contributed by atoms with van der Waals surface area (Å²) in [4.78, 5) is 14.6. The minimum absolute atomic E-state index is 0.0191. The highest BCUT2D eigenvalue weighted by atomic mass is 16.5. The maximum absolute atomic E-state index is 12.8. The van der Waals surface area contributed by atoms with E-state index in [0.717, 1.165) is 12.8 Å². The van der Waals surface area contributed by atoms with Crippen molar-refractivity contribution in [1.82, 2.24) is 4.90 Å². The fourth-order valence-corrected chi connectivity index (χ4v) is 3.19. The number of nitrogens with zero attached hydrogens (tertiary/aromatic N) is 2. The van der Waals surface area contributed by atoms with Gasteiger partial charge in [-0.2, -0.15) is 0 Å². The molecule has 0 atom stereocenters. The zero-order chi connectivity index (χ0) is 13.9. The second kappa shape index (κ2) is 5.77. The van der Waals surface area contributed by atoms with Crippen LogP contribution in [0.1, 0.15) is 38.5 Å². The first-order valence-electron chi connectivity index (χ1n) is 6.95. The molecule has 1 heterocycles. The van der Waals surface area contributed by atoms with E-state index in [1.807, 2.05) is 7.05 Å². The Morgan fingerprint density at radius 3 is 2.47 bits per heavy atom. The first kappa shape index (κ1) is 14.1. The van der Waals surface area contributed by atoms with Crippen LogP contribution in [0.15, 0.2) is 5.16 Å². The van der Waals surface area contributed by atoms with Crippen molar-refractivity contribution in [1.29, 1.82) is 0 Å². The Bertz CT molecular complexity index is 358. The van der Waals surface area contributed by atoms with E-state index in [9.17, 15) is 4.79 Å². The molecule has 108 valence electrons. The molecular weight excluding hydrogens is 246 g/mol. The van der Waals surface area contributed by atoms with Crippen LogP contribution in [-0.2, 0) is 9.53 Å². The van der Waals surface area contributed by atoms with Gasteiger partial charge in [-0.25, -0.2) is 0 Å². The summed E-state index contributed by atoms with van der Waals surface area (Å²) in [5, 5.41) is 12.1. The molecule has 1 saturated carbocycles. The molecule has 1 amide bonds. The Balaban J connectivity index is 2.19. The van der Waals surface area contributed by atoms with Crippen molar-refractivity contribution >= 4 is 11.7 Å². The lowest BCUT2D eigenvalue weighted by molar-refractivity contribution is -0.143. The van der Waals surface area contributed by atoms with Gasteiger partial charge in [0.15, 0.2) is 5.84 Å². The van der Waals surface area contributed by atoms with Gasteiger partial charge in [0, 0.05) is 26.3 Å². The molecule has 6 heteroatoms. The van der Waals surface area contributed by atoms with E-state index in [1.165, 1.54) is 12.8 Å². The van der Waals surface area contributed by atoms with Crippen LogP contribution in [-0.4, -0.2) is 48.2 Å². The van der Waals surface area contributed by atoms with E-state index in [4.69, 9.17) is 15.7 Å². The highest BCUT2D eigenvalue weighted by Crippen LogP contribution is 2.35. The van der Waals surface area contributed by atoms with Gasteiger partial charge >= 0.3 is 0 Å². The fraction of sp³-hybridized carbons (Fsp3) is 0.846. The summed E-state index contributed by atoms with van der Waals surface area (Å²) in [5.41, 5.74) is 4.93. The molecule has 0 aromatic rings. The van der Waals surface area contributed by atoms with E-state index < -0.39 is 5.41 Å². The molecule has 2 rings (SSSR count). The van der Waals surface area contributed by atoms with Crippen LogP contribution in [0, 0.1) is 5.41 Å². The molecule has 19 heavy (non-hydrogen) atoms. The van der Waals surface area contributed by atoms with Crippen molar-refractivity contribution in [2.45, 2.75) is 44.6 Å². The molecule has 2 fully saturated rings. The molecule has 3 N–H and O–H groups in total. The average Bonchev–Trinajstić information content (AvgIpc) is 2.99. The van der Waals surface area contributed by atoms with Crippen LogP contribution in [0.2, 0.25) is 0 Å². The van der Waals surface area contributed by atoms with E-state index in [0.29, 0.717) is 32.1 Å². The third-order valence-corrected chi connectivity index (χ3v) is 4.55. The van der Waals surface area contributed by atoms with Gasteiger partial charge in [0.25, 0.3) is 0 Å². The van der Waals surface area contributed by atoms with Crippen molar-refractivity contribution in [2.75, 3.05) is 20.3 Å². The normalized spacial score (nSPS) is 24.4. The molecule has 2 aliphatic rings. The maximum Gasteiger partial charge on any atom is 0.236 e. The zero-order valence-corrected chi connectivity index (χ0v) is 11.5. The number of hydrogen-bond acceptors (Lipinski definition) is 4. The summed E-state index contributed by atoms with van der Waals surface area (Å²) in [7, 11) is 1.83. The second-order valence-corrected chi connectivity index (χ2v) is 5.53. The number of oxime groups is 1. The summed E-state index contributed by atoms with van der Waals surface area (Å²) < 4.78 is 5.31. The Kier molecular flexibility index (Phi) is 4.29. The minimum Gasteiger partial charge on any atom is -0.409 e. The second-order valence-electron chi connectivity index (χ2n) is 5.53. The van der Waals surface area contributed by atoms with Crippen LogP contribution < -0.4 is 5.73 Å². The molecule has 0 bridgehead atoms. The number of hydrogen-bond donors (Lipinski definition) is 2. The molecule has 1 aliphatic carbocycles. The van der Waals surface area contributed by atoms with E-state index in [2.05, 4.69) is 5.16 Å². The lowest BCUT2D eigenvalue weighted by atomic mass is 9.77. The van der Waals surface area contributed by atoms with E-state index in [-0.39, 0.29) is 11.7 Å². The van der Waals surface area contributed by atoms with Gasteiger partial charge in [-0.15, -0.1) is 0 Å². The summed E-state index contributed by atoms with van der Waals surface area (Å²) in [5.74, 6) is -0.0105. The summed E-state index contributed by atoms with van der Waals surface area (Å²) in [6, 6.07) is 0.290. The van der Waals surface area contributed by atoms with Gasteiger partial charge in [-0.05, 0) is 25.7 Å². The monoisotopic (exact) mass is 269 g/mol. The van der Waals surface area contributed by atoms with Crippen LogP contribution in [0.25, 0.3) is 0 Å². The van der Waals surface area contributed by atoms with Crippen molar-refractivity contribution in [3.63, 3.8) is 0 Å². The van der Waals surface area contributed by atoms with Crippen molar-refractivity contribution in [3.05, 3.63) is 0 Å². The number of carbonyl (C=O) groups excluding carboxylic acids is 1. The lowest BCUT2D eigenvalue weighted by Crippen LogP contribution is -2.54. The van der Waals surface area contributed by atoms with Crippen molar-refractivity contribution < 1.29 is 14.7 Å². The Morgan fingerprint density at radius 1 is 1.37 bits per heavy atom. The Morgan fingerprint density at radius 2 is 1.95 bits per heavy atom. The SMILES string of the molecule is CN(C(=O)C1(C(N)=NO)CCOCC1)C1CCCC1. The maximum atomic E-state index is 12.8. The average molecular weight is 269 g/mol. The van der Waals surface area contributed by atoms with Gasteiger partial charge in [-0.1, -0.05) is 18.0 Å². The summed E-state index contributed by atoms with van der Waals surface area (Å²) >= 11 is 0. The molecule has 0 radical (unpaired) electrons. The summed E-state index contributed by atoms with van der Waals surface area (Å²) in [6.45, 7) is 0.945. The molecule has 0 spiro atoms. The van der Waals surface area contributed by atoms with Crippen LogP contribution in [0.5, 0.6) is 0 Å². The predicted molar refractivity (Wildman–Crippen MR) is 70.9 cm³/mol. The van der Waals surface area contributed by atoms with E-state index in [1.54, 1.807) is 4.90 Å². The smallest absolute Gasteiger partial charge is 0.236 e. The molecule has 0 aromatic heterocycles. The molecule has 1 saturated heterocycles. The van der Waals surface area contributed by atoms with Gasteiger partial charge in [-0.3, -0.25) is 4.79 Å². The van der Waals surface area contributed by atoms with Crippen LogP contribution >= 0.6 is 0 Å². The fourth-order valence-electron chi connectivity index (χ4n) is 3.19.